The number of ketones is 1. The van der Waals surface area contributed by atoms with E-state index >= 15 is 0 Å². The van der Waals surface area contributed by atoms with Crippen LogP contribution in [0.25, 0.3) is 0 Å². The highest BCUT2D eigenvalue weighted by Gasteiger charge is 2.00. The summed E-state index contributed by atoms with van der Waals surface area (Å²) in [5.74, 6) is 0.160. The van der Waals surface area contributed by atoms with E-state index in [2.05, 4.69) is 21.3 Å². The molecule has 0 aliphatic carbocycles. The highest BCUT2D eigenvalue weighted by atomic mass is 16.5. The van der Waals surface area contributed by atoms with Crippen LogP contribution in [0.15, 0.2) is 0 Å². The van der Waals surface area contributed by atoms with Crippen molar-refractivity contribution in [2.75, 3.05) is 78.8 Å². The van der Waals surface area contributed by atoms with Gasteiger partial charge >= 0.3 is 0 Å². The fraction of sp³-hybridized carbons (Fsp3) is 0.929. The molecule has 1 aliphatic rings. The Morgan fingerprint density at radius 2 is 1.05 bits per heavy atom. The summed E-state index contributed by atoms with van der Waals surface area (Å²) in [6.07, 6.45) is 1.10. The van der Waals surface area contributed by atoms with Crippen molar-refractivity contribution in [1.29, 1.82) is 0 Å². The molecule has 0 amide bonds. The molecule has 0 bridgehead atoms. The lowest BCUT2D eigenvalue weighted by Gasteiger charge is -2.10. The lowest BCUT2D eigenvalue weighted by molar-refractivity contribution is -0.117. The predicted octanol–water partition coefficient (Wildman–Crippen LogP) is -1.65. The molecule has 1 aliphatic heterocycles. The summed E-state index contributed by atoms with van der Waals surface area (Å²) in [5.41, 5.74) is 0. The molecule has 1 heterocycles. The highest BCUT2D eigenvalue weighted by Crippen LogP contribution is 1.78. The van der Waals surface area contributed by atoms with Gasteiger partial charge in [0.2, 0.25) is 0 Å². The quantitative estimate of drug-likeness (QED) is 0.427. The second-order valence-corrected chi connectivity index (χ2v) is 4.97. The Labute approximate surface area is 127 Å². The fourth-order valence-corrected chi connectivity index (χ4v) is 1.89. The van der Waals surface area contributed by atoms with Crippen molar-refractivity contribution in [3.8, 4) is 0 Å². The topological polar surface area (TPSA) is 83.7 Å². The third kappa shape index (κ3) is 12.9. The largest absolute Gasteiger partial charge is 0.379 e. The lowest BCUT2D eigenvalue weighted by atomic mass is 10.4. The zero-order chi connectivity index (χ0) is 15.0. The molecule has 7 heteroatoms. The van der Waals surface area contributed by atoms with Gasteiger partial charge in [0.15, 0.2) is 5.78 Å². The molecule has 0 atom stereocenters. The van der Waals surface area contributed by atoms with Crippen LogP contribution in [0.3, 0.4) is 0 Å². The summed E-state index contributed by atoms with van der Waals surface area (Å²) in [6, 6.07) is 0. The van der Waals surface area contributed by atoms with Crippen LogP contribution in [0.2, 0.25) is 0 Å². The van der Waals surface area contributed by atoms with Gasteiger partial charge in [-0.05, 0) is 19.5 Å². The Morgan fingerprint density at radius 1 is 0.619 bits per heavy atom. The van der Waals surface area contributed by atoms with Gasteiger partial charge in [0.05, 0.1) is 39.5 Å². The average Bonchev–Trinajstić information content (AvgIpc) is 2.48. The first-order chi connectivity index (χ1) is 10.4. The molecule has 0 unspecified atom stereocenters. The number of ether oxygens (including phenoxy) is 2. The first-order valence-corrected chi connectivity index (χ1v) is 7.89. The van der Waals surface area contributed by atoms with Crippen LogP contribution in [0.5, 0.6) is 0 Å². The highest BCUT2D eigenvalue weighted by molar-refractivity contribution is 5.82. The Kier molecular flexibility index (Phi) is 12.6. The minimum atomic E-state index is 0.160. The molecule has 4 N–H and O–H groups in total. The number of Topliss-reactive ketones (excluding diaryl/α,β-unsaturated/α-hetero) is 1. The van der Waals surface area contributed by atoms with Crippen molar-refractivity contribution in [1.82, 2.24) is 21.3 Å². The molecule has 1 fully saturated rings. The SMILES string of the molecule is O=C1CNCCOCCNCCCNCCOCCNC1. The van der Waals surface area contributed by atoms with Gasteiger partial charge in [-0.15, -0.1) is 0 Å². The zero-order valence-electron chi connectivity index (χ0n) is 12.9. The van der Waals surface area contributed by atoms with Crippen molar-refractivity contribution in [2.24, 2.45) is 0 Å². The lowest BCUT2D eigenvalue weighted by Crippen LogP contribution is -2.35. The van der Waals surface area contributed by atoms with E-state index in [1.54, 1.807) is 0 Å². The van der Waals surface area contributed by atoms with Gasteiger partial charge in [-0.2, -0.15) is 0 Å². The predicted molar refractivity (Wildman–Crippen MR) is 82.7 cm³/mol. The first kappa shape index (κ1) is 18.5. The molecule has 0 radical (unpaired) electrons. The molecule has 21 heavy (non-hydrogen) atoms. The summed E-state index contributed by atoms with van der Waals surface area (Å²) in [6.45, 7) is 8.60. The molecule has 0 aromatic carbocycles. The van der Waals surface area contributed by atoms with Gasteiger partial charge in [0, 0.05) is 26.2 Å². The van der Waals surface area contributed by atoms with Gasteiger partial charge < -0.3 is 30.7 Å². The van der Waals surface area contributed by atoms with Crippen LogP contribution in [0, 0.1) is 0 Å². The number of hydrogen-bond acceptors (Lipinski definition) is 7. The molecule has 0 spiro atoms. The van der Waals surface area contributed by atoms with Crippen molar-refractivity contribution in [3.05, 3.63) is 0 Å². The summed E-state index contributed by atoms with van der Waals surface area (Å²) < 4.78 is 10.9. The van der Waals surface area contributed by atoms with E-state index in [4.69, 9.17) is 9.47 Å². The van der Waals surface area contributed by atoms with E-state index < -0.39 is 0 Å². The summed E-state index contributed by atoms with van der Waals surface area (Å²) in [7, 11) is 0. The van der Waals surface area contributed by atoms with E-state index in [0.29, 0.717) is 52.6 Å². The Hall–Kier alpha value is -0.570. The molecule has 1 saturated heterocycles. The number of carbonyl (C=O) groups excluding carboxylic acids is 1. The molecule has 0 saturated carbocycles. The smallest absolute Gasteiger partial charge is 0.160 e. The van der Waals surface area contributed by atoms with E-state index in [-0.39, 0.29) is 5.78 Å². The molecule has 0 aromatic heterocycles. The number of rotatable bonds is 0. The monoisotopic (exact) mass is 302 g/mol. The van der Waals surface area contributed by atoms with Crippen molar-refractivity contribution < 1.29 is 14.3 Å². The van der Waals surface area contributed by atoms with Crippen LogP contribution in [-0.2, 0) is 14.3 Å². The average molecular weight is 302 g/mol. The summed E-state index contributed by atoms with van der Waals surface area (Å²) >= 11 is 0. The van der Waals surface area contributed by atoms with Gasteiger partial charge in [0.1, 0.15) is 0 Å². The first-order valence-electron chi connectivity index (χ1n) is 7.89. The third-order valence-electron chi connectivity index (χ3n) is 3.04. The van der Waals surface area contributed by atoms with Crippen molar-refractivity contribution >= 4 is 5.78 Å². The molecule has 1 rings (SSSR count). The number of nitrogens with one attached hydrogen (secondary N) is 4. The number of hydrogen-bond donors (Lipinski definition) is 4. The maximum absolute atomic E-state index is 11.5. The maximum atomic E-state index is 11.5. The third-order valence-corrected chi connectivity index (χ3v) is 3.04. The molecular formula is C14H30N4O3. The fourth-order valence-electron chi connectivity index (χ4n) is 1.89. The second-order valence-electron chi connectivity index (χ2n) is 4.97. The van der Waals surface area contributed by atoms with Gasteiger partial charge in [-0.1, -0.05) is 0 Å². The van der Waals surface area contributed by atoms with Crippen LogP contribution >= 0.6 is 0 Å². The van der Waals surface area contributed by atoms with E-state index in [1.165, 1.54) is 0 Å². The molecule has 124 valence electrons. The molecular weight excluding hydrogens is 272 g/mol. The van der Waals surface area contributed by atoms with Crippen molar-refractivity contribution in [3.63, 3.8) is 0 Å². The zero-order valence-corrected chi connectivity index (χ0v) is 12.9. The van der Waals surface area contributed by atoms with Gasteiger partial charge in [0.25, 0.3) is 0 Å². The normalized spacial score (nSPS) is 23.5. The van der Waals surface area contributed by atoms with Crippen LogP contribution in [0.4, 0.5) is 0 Å². The standard InChI is InChI=1S/C14H30N4O3/c19-14-12-17-6-10-20-8-4-15-2-1-3-16-5-9-21-11-7-18-13-14/h15-18H,1-13H2. The maximum Gasteiger partial charge on any atom is 0.160 e. The molecule has 0 aromatic rings. The number of carbonyl (C=O) groups is 1. The Morgan fingerprint density at radius 3 is 1.52 bits per heavy atom. The summed E-state index contributed by atoms with van der Waals surface area (Å²) in [4.78, 5) is 11.5. The minimum absolute atomic E-state index is 0.160. The Bertz CT molecular complexity index is 232. The molecule has 7 nitrogen and oxygen atoms in total. The van der Waals surface area contributed by atoms with Crippen LogP contribution in [-0.4, -0.2) is 84.6 Å². The van der Waals surface area contributed by atoms with Crippen molar-refractivity contribution in [2.45, 2.75) is 6.42 Å². The van der Waals surface area contributed by atoms with E-state index in [9.17, 15) is 4.79 Å². The van der Waals surface area contributed by atoms with E-state index in [1.807, 2.05) is 0 Å². The van der Waals surface area contributed by atoms with Crippen LogP contribution < -0.4 is 21.3 Å². The van der Waals surface area contributed by atoms with Gasteiger partial charge in [-0.3, -0.25) is 4.79 Å². The second kappa shape index (κ2) is 14.4. The minimum Gasteiger partial charge on any atom is -0.379 e. The summed E-state index contributed by atoms with van der Waals surface area (Å²) in [5, 5.41) is 12.8. The van der Waals surface area contributed by atoms with Crippen LogP contribution in [0.1, 0.15) is 6.42 Å². The van der Waals surface area contributed by atoms with Gasteiger partial charge in [-0.25, -0.2) is 0 Å². The van der Waals surface area contributed by atoms with E-state index in [0.717, 1.165) is 32.6 Å². The Balaban J connectivity index is 2.09.